The number of fused-ring (bicyclic) bond motifs is 1. The summed E-state index contributed by atoms with van der Waals surface area (Å²) in [6.45, 7) is 8.80. The number of nitrogens with zero attached hydrogens (tertiary/aromatic N) is 2. The van der Waals surface area contributed by atoms with E-state index in [1.165, 1.54) is 19.8 Å². The number of carbonyl (C=O) groups is 2. The Hall–Kier alpha value is -2.12. The van der Waals surface area contributed by atoms with Crippen molar-refractivity contribution < 1.29 is 19.1 Å². The Bertz CT molecular complexity index is 765. The Morgan fingerprint density at radius 1 is 1.27 bits per heavy atom. The molecule has 1 fully saturated rings. The molecule has 0 spiro atoms. The second-order valence-corrected chi connectivity index (χ2v) is 8.89. The molecule has 1 aliphatic heterocycles. The van der Waals surface area contributed by atoms with Gasteiger partial charge in [-0.25, -0.2) is 0 Å². The fourth-order valence-electron chi connectivity index (χ4n) is 4.02. The summed E-state index contributed by atoms with van der Waals surface area (Å²) in [5.74, 6) is 1.28. The first-order valence-corrected chi connectivity index (χ1v) is 10.8. The maximum Gasteiger partial charge on any atom is 0.257 e. The summed E-state index contributed by atoms with van der Waals surface area (Å²) < 4.78 is 11.9. The number of amides is 2. The monoisotopic (exact) mass is 417 g/mol. The lowest BCUT2D eigenvalue weighted by molar-refractivity contribution is -0.114. The van der Waals surface area contributed by atoms with Gasteiger partial charge in [-0.15, -0.1) is 0 Å². The minimum atomic E-state index is -0.178. The van der Waals surface area contributed by atoms with Crippen molar-refractivity contribution in [2.45, 2.75) is 45.8 Å². The van der Waals surface area contributed by atoms with Crippen LogP contribution in [0.15, 0.2) is 18.2 Å². The van der Waals surface area contributed by atoms with Crippen molar-refractivity contribution in [2.75, 3.05) is 45.7 Å². The predicted molar refractivity (Wildman–Crippen MR) is 117 cm³/mol. The van der Waals surface area contributed by atoms with Crippen LogP contribution in [0.5, 0.6) is 5.75 Å². The third kappa shape index (κ3) is 5.73. The number of likely N-dealkylation sites (N-methyl/N-ethyl adjacent to an activating group) is 1. The third-order valence-corrected chi connectivity index (χ3v) is 6.08. The molecule has 2 amide bonds. The Balaban J connectivity index is 1.91. The first-order valence-electron chi connectivity index (χ1n) is 10.8. The zero-order valence-electron chi connectivity index (χ0n) is 18.8. The van der Waals surface area contributed by atoms with Crippen molar-refractivity contribution in [2.24, 2.45) is 11.8 Å². The Labute approximate surface area is 179 Å². The normalized spacial score (nSPS) is 26.2. The van der Waals surface area contributed by atoms with Crippen LogP contribution in [0.2, 0.25) is 0 Å². The quantitative estimate of drug-likeness (QED) is 0.816. The zero-order chi connectivity index (χ0) is 21.8. The molecule has 7 nitrogen and oxygen atoms in total. The van der Waals surface area contributed by atoms with Crippen molar-refractivity contribution >= 4 is 17.5 Å². The van der Waals surface area contributed by atoms with E-state index in [1.54, 1.807) is 37.3 Å². The van der Waals surface area contributed by atoms with E-state index in [2.05, 4.69) is 24.1 Å². The number of rotatable bonds is 4. The van der Waals surface area contributed by atoms with E-state index in [-0.39, 0.29) is 29.9 Å². The van der Waals surface area contributed by atoms with E-state index in [0.717, 1.165) is 19.0 Å². The van der Waals surface area contributed by atoms with E-state index in [4.69, 9.17) is 9.47 Å². The lowest BCUT2D eigenvalue weighted by atomic mass is 10.0. The summed E-state index contributed by atoms with van der Waals surface area (Å²) in [4.78, 5) is 28.9. The standard InChI is InChI=1S/C23H35N3O4/c1-15-11-26(12-18-6-7-18)16(2)14-30-21-9-8-19(24-17(3)27)10-20(21)23(28)25(4)13-22(15)29-5/h8-10,15-16,18,22H,6-7,11-14H2,1-5H3,(H,24,27)/t15-,16+,22+/m1/s1. The van der Waals surface area contributed by atoms with Crippen LogP contribution in [0.3, 0.4) is 0 Å². The molecule has 2 aliphatic rings. The lowest BCUT2D eigenvalue weighted by Gasteiger charge is -2.36. The van der Waals surface area contributed by atoms with E-state index >= 15 is 0 Å². The number of nitrogens with one attached hydrogen (secondary N) is 1. The average Bonchev–Trinajstić information content (AvgIpc) is 3.52. The van der Waals surface area contributed by atoms with Gasteiger partial charge in [-0.3, -0.25) is 14.5 Å². The minimum absolute atomic E-state index is 0.0600. The summed E-state index contributed by atoms with van der Waals surface area (Å²) in [5.41, 5.74) is 1.03. The molecule has 1 aliphatic carbocycles. The number of methoxy groups -OCH3 is 1. The van der Waals surface area contributed by atoms with Crippen molar-refractivity contribution in [1.82, 2.24) is 9.80 Å². The molecule has 1 aromatic carbocycles. The number of benzene rings is 1. The lowest BCUT2D eigenvalue weighted by Crippen LogP contribution is -2.47. The number of anilines is 1. The van der Waals surface area contributed by atoms with Crippen molar-refractivity contribution in [1.29, 1.82) is 0 Å². The molecule has 1 saturated carbocycles. The molecule has 3 atom stereocenters. The van der Waals surface area contributed by atoms with Crippen LogP contribution >= 0.6 is 0 Å². The molecule has 0 bridgehead atoms. The molecular weight excluding hydrogens is 382 g/mol. The highest BCUT2D eigenvalue weighted by Crippen LogP contribution is 2.31. The molecule has 0 radical (unpaired) electrons. The van der Waals surface area contributed by atoms with Crippen LogP contribution in [-0.2, 0) is 9.53 Å². The van der Waals surface area contributed by atoms with E-state index in [9.17, 15) is 9.59 Å². The van der Waals surface area contributed by atoms with Gasteiger partial charge in [-0.2, -0.15) is 0 Å². The number of ether oxygens (including phenoxy) is 2. The fourth-order valence-corrected chi connectivity index (χ4v) is 4.02. The molecule has 1 heterocycles. The molecular formula is C23H35N3O4. The highest BCUT2D eigenvalue weighted by Gasteiger charge is 2.31. The summed E-state index contributed by atoms with van der Waals surface area (Å²) in [5, 5.41) is 2.75. The zero-order valence-corrected chi connectivity index (χ0v) is 18.8. The van der Waals surface area contributed by atoms with Crippen molar-refractivity contribution in [3.8, 4) is 5.75 Å². The van der Waals surface area contributed by atoms with Gasteiger partial charge in [0.15, 0.2) is 0 Å². The van der Waals surface area contributed by atoms with E-state index in [0.29, 0.717) is 30.2 Å². The van der Waals surface area contributed by atoms with Gasteiger partial charge >= 0.3 is 0 Å². The molecule has 1 N–H and O–H groups in total. The molecule has 0 saturated heterocycles. The predicted octanol–water partition coefficient (Wildman–Crippen LogP) is 2.86. The topological polar surface area (TPSA) is 71.1 Å². The van der Waals surface area contributed by atoms with Gasteiger partial charge in [0.2, 0.25) is 5.91 Å². The fraction of sp³-hybridized carbons (Fsp3) is 0.652. The van der Waals surface area contributed by atoms with Crippen molar-refractivity contribution in [3.05, 3.63) is 23.8 Å². The highest BCUT2D eigenvalue weighted by atomic mass is 16.5. The number of hydrogen-bond donors (Lipinski definition) is 1. The second-order valence-electron chi connectivity index (χ2n) is 8.89. The Kier molecular flexibility index (Phi) is 7.36. The van der Waals surface area contributed by atoms with E-state index < -0.39 is 0 Å². The van der Waals surface area contributed by atoms with Gasteiger partial charge in [-0.05, 0) is 49.8 Å². The summed E-state index contributed by atoms with van der Waals surface area (Å²) in [6, 6.07) is 5.46. The van der Waals surface area contributed by atoms with Gasteiger partial charge < -0.3 is 19.7 Å². The summed E-state index contributed by atoms with van der Waals surface area (Å²) in [6.07, 6.45) is 2.55. The maximum absolute atomic E-state index is 13.2. The van der Waals surface area contributed by atoms with E-state index in [1.807, 2.05) is 0 Å². The van der Waals surface area contributed by atoms with Crippen LogP contribution in [0.4, 0.5) is 5.69 Å². The molecule has 7 heteroatoms. The molecule has 1 aromatic rings. The van der Waals surface area contributed by atoms with Crippen LogP contribution in [0, 0.1) is 11.8 Å². The molecule has 166 valence electrons. The average molecular weight is 418 g/mol. The van der Waals surface area contributed by atoms with Crippen LogP contribution in [0.1, 0.15) is 44.0 Å². The van der Waals surface area contributed by atoms with Crippen LogP contribution in [0.25, 0.3) is 0 Å². The first-order chi connectivity index (χ1) is 14.3. The highest BCUT2D eigenvalue weighted by molar-refractivity contribution is 5.99. The minimum Gasteiger partial charge on any atom is -0.491 e. The van der Waals surface area contributed by atoms with Gasteiger partial charge in [0, 0.05) is 52.4 Å². The largest absolute Gasteiger partial charge is 0.491 e. The van der Waals surface area contributed by atoms with Gasteiger partial charge in [0.25, 0.3) is 5.91 Å². The molecule has 3 rings (SSSR count). The van der Waals surface area contributed by atoms with Crippen molar-refractivity contribution in [3.63, 3.8) is 0 Å². The number of hydrogen-bond acceptors (Lipinski definition) is 5. The third-order valence-electron chi connectivity index (χ3n) is 6.08. The second kappa shape index (κ2) is 9.79. The number of carbonyl (C=O) groups excluding carboxylic acids is 2. The van der Waals surface area contributed by atoms with Crippen LogP contribution in [-0.4, -0.2) is 74.2 Å². The molecule has 0 aromatic heterocycles. The molecule has 0 unspecified atom stereocenters. The Morgan fingerprint density at radius 2 is 2.00 bits per heavy atom. The Morgan fingerprint density at radius 3 is 2.63 bits per heavy atom. The molecule has 30 heavy (non-hydrogen) atoms. The SMILES string of the molecule is CO[C@H]1CN(C)C(=O)c2cc(NC(C)=O)ccc2OC[C@H](C)N(CC2CC2)C[C@H]1C. The maximum atomic E-state index is 13.2. The van der Waals surface area contributed by atoms with Gasteiger partial charge in [0.1, 0.15) is 12.4 Å². The van der Waals surface area contributed by atoms with Crippen LogP contribution < -0.4 is 10.1 Å². The van der Waals surface area contributed by atoms with Gasteiger partial charge in [0.05, 0.1) is 11.7 Å². The van der Waals surface area contributed by atoms with Gasteiger partial charge in [-0.1, -0.05) is 6.92 Å². The summed E-state index contributed by atoms with van der Waals surface area (Å²) >= 11 is 0. The smallest absolute Gasteiger partial charge is 0.257 e. The first kappa shape index (κ1) is 22.6. The summed E-state index contributed by atoms with van der Waals surface area (Å²) in [7, 11) is 3.50.